The van der Waals surface area contributed by atoms with Crippen LogP contribution < -0.4 is 24.8 Å². The third kappa shape index (κ3) is 5.14. The lowest BCUT2D eigenvalue weighted by Gasteiger charge is -2.16. The first-order chi connectivity index (χ1) is 13.4. The minimum atomic E-state index is -3.34. The average molecular weight is 405 g/mol. The Morgan fingerprint density at radius 2 is 1.86 bits per heavy atom. The Bertz CT molecular complexity index is 962. The summed E-state index contributed by atoms with van der Waals surface area (Å²) in [6.07, 6.45) is 0. The zero-order valence-electron chi connectivity index (χ0n) is 15.7. The zero-order chi connectivity index (χ0) is 20.1. The molecule has 0 saturated carbocycles. The van der Waals surface area contributed by atoms with Crippen LogP contribution in [0.3, 0.4) is 0 Å². The van der Waals surface area contributed by atoms with E-state index in [-0.39, 0.29) is 31.2 Å². The number of carbonyl (C=O) groups is 1. The molecule has 3 rings (SSSR count). The minimum Gasteiger partial charge on any atom is -0.454 e. The molecule has 0 saturated heterocycles. The number of sulfonamides is 1. The number of carbonyl (C=O) groups excluding carboxylic acids is 1. The maximum Gasteiger partial charge on any atom is 0.315 e. The number of hydrogen-bond donors (Lipinski definition) is 3. The summed E-state index contributed by atoms with van der Waals surface area (Å²) < 4.78 is 36.3. The largest absolute Gasteiger partial charge is 0.454 e. The van der Waals surface area contributed by atoms with E-state index >= 15 is 0 Å². The molecular weight excluding hydrogens is 382 g/mol. The van der Waals surface area contributed by atoms with E-state index in [9.17, 15) is 13.2 Å². The zero-order valence-corrected chi connectivity index (χ0v) is 16.5. The normalized spacial score (nSPS) is 13.8. The van der Waals surface area contributed by atoms with E-state index in [0.29, 0.717) is 17.1 Å². The number of hydrogen-bond acceptors (Lipinski definition) is 5. The van der Waals surface area contributed by atoms with Crippen LogP contribution in [0.2, 0.25) is 0 Å². The van der Waals surface area contributed by atoms with Gasteiger partial charge in [0.25, 0.3) is 0 Å². The van der Waals surface area contributed by atoms with E-state index in [1.165, 1.54) is 7.05 Å². The molecule has 0 spiro atoms. The van der Waals surface area contributed by atoms with Crippen molar-refractivity contribution in [1.82, 2.24) is 15.4 Å². The van der Waals surface area contributed by atoms with Crippen molar-refractivity contribution in [2.24, 2.45) is 0 Å². The highest BCUT2D eigenvalue weighted by Crippen LogP contribution is 2.34. The van der Waals surface area contributed by atoms with Gasteiger partial charge in [-0.05, 0) is 42.8 Å². The summed E-state index contributed by atoms with van der Waals surface area (Å²) in [5.74, 6) is 1.26. The molecule has 2 amide bonds. The molecule has 0 aliphatic carbocycles. The van der Waals surface area contributed by atoms with Gasteiger partial charge in [0, 0.05) is 6.54 Å². The second kappa shape index (κ2) is 8.49. The van der Waals surface area contributed by atoms with Crippen LogP contribution in [0.5, 0.6) is 11.5 Å². The average Bonchev–Trinajstić information content (AvgIpc) is 3.14. The third-order valence-electron chi connectivity index (χ3n) is 4.36. The van der Waals surface area contributed by atoms with Gasteiger partial charge in [0.15, 0.2) is 11.5 Å². The van der Waals surface area contributed by atoms with Crippen LogP contribution in [0.15, 0.2) is 42.5 Å². The molecule has 0 radical (unpaired) electrons. The molecule has 9 heteroatoms. The monoisotopic (exact) mass is 405 g/mol. The molecule has 150 valence electrons. The molecule has 0 aromatic heterocycles. The molecule has 0 bridgehead atoms. The maximum absolute atomic E-state index is 12.2. The highest BCUT2D eigenvalue weighted by Gasteiger charge is 2.17. The van der Waals surface area contributed by atoms with E-state index in [0.717, 1.165) is 11.1 Å². The quantitative estimate of drug-likeness (QED) is 0.654. The van der Waals surface area contributed by atoms with Gasteiger partial charge in [0.2, 0.25) is 16.8 Å². The van der Waals surface area contributed by atoms with E-state index < -0.39 is 10.0 Å². The van der Waals surface area contributed by atoms with Gasteiger partial charge in [0.1, 0.15) is 0 Å². The third-order valence-corrected chi connectivity index (χ3v) is 5.69. The number of nitrogens with one attached hydrogen (secondary N) is 3. The molecule has 1 aliphatic heterocycles. The van der Waals surface area contributed by atoms with Crippen LogP contribution in [0, 0.1) is 0 Å². The molecule has 1 aliphatic rings. The van der Waals surface area contributed by atoms with Crippen molar-refractivity contribution in [1.29, 1.82) is 0 Å². The van der Waals surface area contributed by atoms with Crippen LogP contribution in [-0.4, -0.2) is 28.3 Å². The van der Waals surface area contributed by atoms with Crippen LogP contribution in [0.1, 0.15) is 29.7 Å². The summed E-state index contributed by atoms with van der Waals surface area (Å²) >= 11 is 0. The molecule has 2 aromatic rings. The van der Waals surface area contributed by atoms with Gasteiger partial charge in [-0.1, -0.05) is 30.3 Å². The van der Waals surface area contributed by atoms with Gasteiger partial charge in [-0.25, -0.2) is 17.9 Å². The number of ether oxygens (including phenoxy) is 2. The van der Waals surface area contributed by atoms with Crippen LogP contribution in [-0.2, 0) is 22.3 Å². The molecule has 8 nitrogen and oxygen atoms in total. The molecule has 3 N–H and O–H groups in total. The second-order valence-electron chi connectivity index (χ2n) is 6.44. The number of amides is 2. The van der Waals surface area contributed by atoms with Crippen LogP contribution >= 0.6 is 0 Å². The van der Waals surface area contributed by atoms with Crippen LogP contribution in [0.4, 0.5) is 4.79 Å². The summed E-state index contributed by atoms with van der Waals surface area (Å²) in [5.41, 5.74) is 2.37. The van der Waals surface area contributed by atoms with Crippen molar-refractivity contribution in [3.05, 3.63) is 59.2 Å². The SMILES string of the molecule is CNS(=O)(=O)Cc1cccc(CNC(=O)NC(C)c2ccc3c(c2)OCO3)c1. The Morgan fingerprint density at radius 1 is 1.11 bits per heavy atom. The fourth-order valence-electron chi connectivity index (χ4n) is 2.82. The van der Waals surface area contributed by atoms with Crippen molar-refractivity contribution in [2.75, 3.05) is 13.8 Å². The number of fused-ring (bicyclic) bond motifs is 1. The lowest BCUT2D eigenvalue weighted by molar-refractivity contribution is 0.174. The predicted octanol–water partition coefficient (Wildman–Crippen LogP) is 2.02. The standard InChI is InChI=1S/C19H23N3O5S/c1-13(16-6-7-17-18(9-16)27-12-26-17)22-19(23)21-10-14-4-3-5-15(8-14)11-28(24,25)20-2/h3-9,13,20H,10-12H2,1-2H3,(H2,21,22,23). The summed E-state index contributed by atoms with van der Waals surface area (Å²) in [6.45, 7) is 2.36. The molecule has 28 heavy (non-hydrogen) atoms. The molecule has 1 heterocycles. The smallest absolute Gasteiger partial charge is 0.315 e. The van der Waals surface area contributed by atoms with Crippen molar-refractivity contribution >= 4 is 16.1 Å². The van der Waals surface area contributed by atoms with Gasteiger partial charge in [0.05, 0.1) is 11.8 Å². The fraction of sp³-hybridized carbons (Fsp3) is 0.316. The predicted molar refractivity (Wildman–Crippen MR) is 104 cm³/mol. The van der Waals surface area contributed by atoms with E-state index in [2.05, 4.69) is 15.4 Å². The minimum absolute atomic E-state index is 0.106. The number of benzene rings is 2. The highest BCUT2D eigenvalue weighted by atomic mass is 32.2. The van der Waals surface area contributed by atoms with Gasteiger partial charge in [-0.15, -0.1) is 0 Å². The van der Waals surface area contributed by atoms with Crippen molar-refractivity contribution in [3.63, 3.8) is 0 Å². The summed E-state index contributed by atoms with van der Waals surface area (Å²) in [4.78, 5) is 12.2. The Morgan fingerprint density at radius 3 is 2.64 bits per heavy atom. The van der Waals surface area contributed by atoms with E-state index in [1.807, 2.05) is 31.2 Å². The summed E-state index contributed by atoms with van der Waals surface area (Å²) in [5, 5.41) is 5.65. The van der Waals surface area contributed by atoms with Gasteiger partial charge in [-0.2, -0.15) is 0 Å². The Hall–Kier alpha value is -2.78. The topological polar surface area (TPSA) is 106 Å². The molecular formula is C19H23N3O5S. The number of urea groups is 1. The van der Waals surface area contributed by atoms with E-state index in [4.69, 9.17) is 9.47 Å². The fourth-order valence-corrected chi connectivity index (χ4v) is 3.58. The second-order valence-corrected chi connectivity index (χ2v) is 8.37. The molecule has 1 unspecified atom stereocenters. The summed E-state index contributed by atoms with van der Waals surface area (Å²) in [6, 6.07) is 12.1. The molecule has 1 atom stereocenters. The Balaban J connectivity index is 1.54. The maximum atomic E-state index is 12.2. The molecule has 2 aromatic carbocycles. The van der Waals surface area contributed by atoms with Gasteiger partial charge < -0.3 is 20.1 Å². The van der Waals surface area contributed by atoms with Crippen molar-refractivity contribution < 1.29 is 22.7 Å². The number of rotatable bonds is 7. The lowest BCUT2D eigenvalue weighted by Crippen LogP contribution is -2.36. The van der Waals surface area contributed by atoms with Crippen molar-refractivity contribution in [2.45, 2.75) is 25.3 Å². The van der Waals surface area contributed by atoms with Crippen molar-refractivity contribution in [3.8, 4) is 11.5 Å². The first-order valence-electron chi connectivity index (χ1n) is 8.79. The van der Waals surface area contributed by atoms with E-state index in [1.54, 1.807) is 18.2 Å². The Labute approximate surface area is 164 Å². The van der Waals surface area contributed by atoms with Crippen LogP contribution in [0.25, 0.3) is 0 Å². The Kier molecular flexibility index (Phi) is 6.05. The highest BCUT2D eigenvalue weighted by molar-refractivity contribution is 7.88. The first-order valence-corrected chi connectivity index (χ1v) is 10.4. The first kappa shape index (κ1) is 20.0. The summed E-state index contributed by atoms with van der Waals surface area (Å²) in [7, 11) is -1.96. The lowest BCUT2D eigenvalue weighted by atomic mass is 10.1. The van der Waals surface area contributed by atoms with Gasteiger partial charge in [-0.3, -0.25) is 0 Å². The molecule has 0 fully saturated rings. The van der Waals surface area contributed by atoms with Gasteiger partial charge >= 0.3 is 6.03 Å².